The first-order chi connectivity index (χ1) is 8.88. The minimum absolute atomic E-state index is 0.353. The van der Waals surface area contributed by atoms with Gasteiger partial charge in [-0.05, 0) is 32.9 Å². The Hall–Kier alpha value is -1.10. The topological polar surface area (TPSA) is 42.4 Å². The standard InChI is InChI=1S/C14H16ClNO2S/c1-9-13(14(2,3)17)19-12(16-9)8-18-11-7-5-4-6-10(11)15/h4-7,17H,8H2,1-3H3. The van der Waals surface area contributed by atoms with Gasteiger partial charge in [0.05, 0.1) is 21.2 Å². The molecule has 0 fully saturated rings. The van der Waals surface area contributed by atoms with Gasteiger partial charge in [-0.2, -0.15) is 0 Å². The molecule has 0 unspecified atom stereocenters. The van der Waals surface area contributed by atoms with Gasteiger partial charge in [0.15, 0.2) is 0 Å². The summed E-state index contributed by atoms with van der Waals surface area (Å²) in [5, 5.41) is 11.4. The van der Waals surface area contributed by atoms with E-state index in [0.717, 1.165) is 15.6 Å². The molecule has 0 bridgehead atoms. The number of aromatic nitrogens is 1. The van der Waals surface area contributed by atoms with E-state index in [1.807, 2.05) is 25.1 Å². The van der Waals surface area contributed by atoms with Gasteiger partial charge in [0.2, 0.25) is 0 Å². The maximum Gasteiger partial charge on any atom is 0.140 e. The van der Waals surface area contributed by atoms with Crippen molar-refractivity contribution in [2.45, 2.75) is 33.0 Å². The highest BCUT2D eigenvalue weighted by molar-refractivity contribution is 7.11. The lowest BCUT2D eigenvalue weighted by atomic mass is 10.1. The number of thiazole rings is 1. The van der Waals surface area contributed by atoms with Gasteiger partial charge in [0.25, 0.3) is 0 Å². The molecule has 0 atom stereocenters. The summed E-state index contributed by atoms with van der Waals surface area (Å²) >= 11 is 7.48. The highest BCUT2D eigenvalue weighted by Gasteiger charge is 2.22. The van der Waals surface area contributed by atoms with E-state index < -0.39 is 5.60 Å². The Labute approximate surface area is 121 Å². The van der Waals surface area contributed by atoms with E-state index >= 15 is 0 Å². The number of hydrogen-bond donors (Lipinski definition) is 1. The van der Waals surface area contributed by atoms with E-state index in [1.165, 1.54) is 11.3 Å². The van der Waals surface area contributed by atoms with Gasteiger partial charge in [0, 0.05) is 0 Å². The number of para-hydroxylation sites is 1. The lowest BCUT2D eigenvalue weighted by molar-refractivity contribution is 0.0817. The molecule has 0 spiro atoms. The number of nitrogens with zero attached hydrogens (tertiary/aromatic N) is 1. The highest BCUT2D eigenvalue weighted by atomic mass is 35.5. The number of aliphatic hydroxyl groups is 1. The molecule has 0 aliphatic rings. The summed E-state index contributed by atoms with van der Waals surface area (Å²) in [5.74, 6) is 0.641. The van der Waals surface area contributed by atoms with Gasteiger partial charge in [0.1, 0.15) is 17.4 Å². The average Bonchev–Trinajstić information content (AvgIpc) is 2.69. The van der Waals surface area contributed by atoms with Crippen LogP contribution in [0.15, 0.2) is 24.3 Å². The number of halogens is 1. The summed E-state index contributed by atoms with van der Waals surface area (Å²) in [4.78, 5) is 5.28. The fourth-order valence-corrected chi connectivity index (χ4v) is 2.95. The van der Waals surface area contributed by atoms with E-state index in [1.54, 1.807) is 19.9 Å². The number of aryl methyl sites for hydroxylation is 1. The van der Waals surface area contributed by atoms with E-state index in [2.05, 4.69) is 4.98 Å². The maximum atomic E-state index is 10.0. The molecule has 0 saturated heterocycles. The summed E-state index contributed by atoms with van der Waals surface area (Å²) in [5.41, 5.74) is -0.0278. The minimum atomic E-state index is -0.871. The van der Waals surface area contributed by atoms with Crippen molar-refractivity contribution in [1.29, 1.82) is 0 Å². The average molecular weight is 298 g/mol. The summed E-state index contributed by atoms with van der Waals surface area (Å²) in [6.45, 7) is 5.76. The van der Waals surface area contributed by atoms with Gasteiger partial charge in [-0.15, -0.1) is 11.3 Å². The zero-order valence-corrected chi connectivity index (χ0v) is 12.7. The molecule has 2 rings (SSSR count). The van der Waals surface area contributed by atoms with Crippen molar-refractivity contribution < 1.29 is 9.84 Å². The third kappa shape index (κ3) is 3.47. The Bertz CT molecular complexity index is 575. The summed E-state index contributed by atoms with van der Waals surface area (Å²) in [6.07, 6.45) is 0. The number of benzene rings is 1. The van der Waals surface area contributed by atoms with E-state index in [4.69, 9.17) is 16.3 Å². The Morgan fingerprint density at radius 2 is 2.05 bits per heavy atom. The van der Waals surface area contributed by atoms with Crippen LogP contribution in [0, 0.1) is 6.92 Å². The van der Waals surface area contributed by atoms with Crippen LogP contribution in [0.3, 0.4) is 0 Å². The zero-order valence-electron chi connectivity index (χ0n) is 11.1. The van der Waals surface area contributed by atoms with Crippen molar-refractivity contribution in [2.75, 3.05) is 0 Å². The second kappa shape index (κ2) is 5.49. The van der Waals surface area contributed by atoms with Crippen molar-refractivity contribution in [3.8, 4) is 5.75 Å². The minimum Gasteiger partial charge on any atom is -0.485 e. The lowest BCUT2D eigenvalue weighted by Crippen LogP contribution is -2.14. The van der Waals surface area contributed by atoms with Gasteiger partial charge >= 0.3 is 0 Å². The molecule has 1 heterocycles. The van der Waals surface area contributed by atoms with Crippen LogP contribution in [0.25, 0.3) is 0 Å². The molecule has 2 aromatic rings. The van der Waals surface area contributed by atoms with Gasteiger partial charge in [-0.1, -0.05) is 23.7 Å². The van der Waals surface area contributed by atoms with E-state index in [0.29, 0.717) is 17.4 Å². The van der Waals surface area contributed by atoms with Crippen molar-refractivity contribution in [3.63, 3.8) is 0 Å². The first-order valence-corrected chi connectivity index (χ1v) is 7.14. The van der Waals surface area contributed by atoms with Crippen LogP contribution in [-0.2, 0) is 12.2 Å². The summed E-state index contributed by atoms with van der Waals surface area (Å²) < 4.78 is 5.64. The van der Waals surface area contributed by atoms with E-state index in [-0.39, 0.29) is 0 Å². The molecule has 0 aliphatic carbocycles. The van der Waals surface area contributed by atoms with Crippen molar-refractivity contribution >= 4 is 22.9 Å². The molecule has 1 aromatic carbocycles. The quantitative estimate of drug-likeness (QED) is 0.930. The molecule has 3 nitrogen and oxygen atoms in total. The molecular formula is C14H16ClNO2S. The van der Waals surface area contributed by atoms with Crippen molar-refractivity contribution in [1.82, 2.24) is 4.98 Å². The molecule has 1 N–H and O–H groups in total. The first-order valence-electron chi connectivity index (χ1n) is 5.94. The Balaban J connectivity index is 2.11. The predicted octanol–water partition coefficient (Wildman–Crippen LogP) is 3.91. The Morgan fingerprint density at radius 1 is 1.37 bits per heavy atom. The molecule has 0 radical (unpaired) electrons. The number of ether oxygens (including phenoxy) is 1. The van der Waals surface area contributed by atoms with E-state index in [9.17, 15) is 5.11 Å². The molecule has 102 valence electrons. The third-order valence-electron chi connectivity index (χ3n) is 2.58. The van der Waals surface area contributed by atoms with Gasteiger partial charge < -0.3 is 9.84 Å². The largest absolute Gasteiger partial charge is 0.485 e. The van der Waals surface area contributed by atoms with Crippen LogP contribution in [0.1, 0.15) is 29.4 Å². The Kier molecular flexibility index (Phi) is 4.13. The molecular weight excluding hydrogens is 282 g/mol. The molecule has 5 heteroatoms. The van der Waals surface area contributed by atoms with Gasteiger partial charge in [-0.3, -0.25) is 0 Å². The fraction of sp³-hybridized carbons (Fsp3) is 0.357. The van der Waals surface area contributed by atoms with Crippen molar-refractivity contribution in [3.05, 3.63) is 44.9 Å². The SMILES string of the molecule is Cc1nc(COc2ccccc2Cl)sc1C(C)(C)O. The molecule has 0 amide bonds. The lowest BCUT2D eigenvalue weighted by Gasteiger charge is -2.15. The maximum absolute atomic E-state index is 10.0. The van der Waals surface area contributed by atoms with Crippen LogP contribution in [-0.4, -0.2) is 10.1 Å². The molecule has 0 saturated carbocycles. The number of hydrogen-bond acceptors (Lipinski definition) is 4. The third-order valence-corrected chi connectivity index (χ3v) is 4.34. The summed E-state index contributed by atoms with van der Waals surface area (Å²) in [6, 6.07) is 7.33. The Morgan fingerprint density at radius 3 is 2.63 bits per heavy atom. The van der Waals surface area contributed by atoms with Crippen molar-refractivity contribution in [2.24, 2.45) is 0 Å². The fourth-order valence-electron chi connectivity index (χ4n) is 1.78. The van der Waals surface area contributed by atoms with Crippen LogP contribution >= 0.6 is 22.9 Å². The van der Waals surface area contributed by atoms with Crippen LogP contribution in [0.4, 0.5) is 0 Å². The molecule has 1 aromatic heterocycles. The smallest absolute Gasteiger partial charge is 0.140 e. The van der Waals surface area contributed by atoms with Crippen LogP contribution in [0.5, 0.6) is 5.75 Å². The predicted molar refractivity (Wildman–Crippen MR) is 77.9 cm³/mol. The van der Waals surface area contributed by atoms with Gasteiger partial charge in [-0.25, -0.2) is 4.98 Å². The normalized spacial score (nSPS) is 11.6. The second-order valence-corrected chi connectivity index (χ2v) is 6.29. The first kappa shape index (κ1) is 14.3. The monoisotopic (exact) mass is 297 g/mol. The highest BCUT2D eigenvalue weighted by Crippen LogP contribution is 2.30. The zero-order chi connectivity index (χ0) is 14.0. The van der Waals surface area contributed by atoms with Crippen LogP contribution < -0.4 is 4.74 Å². The summed E-state index contributed by atoms with van der Waals surface area (Å²) in [7, 11) is 0. The second-order valence-electron chi connectivity index (χ2n) is 4.80. The molecule has 0 aliphatic heterocycles. The molecule has 19 heavy (non-hydrogen) atoms. The number of rotatable bonds is 4. The van der Waals surface area contributed by atoms with Crippen LogP contribution in [0.2, 0.25) is 5.02 Å².